The van der Waals surface area contributed by atoms with E-state index in [-0.39, 0.29) is 18.0 Å². The summed E-state index contributed by atoms with van der Waals surface area (Å²) in [7, 11) is 0. The molecule has 3 aromatic heterocycles. The number of nitrogens with zero attached hydrogens (tertiary/aromatic N) is 6. The zero-order chi connectivity index (χ0) is 24.2. The smallest absolute Gasteiger partial charge is 0.410 e. The molecule has 4 heterocycles. The van der Waals surface area contributed by atoms with E-state index >= 15 is 4.39 Å². The topological polar surface area (TPSA) is 77.5 Å². The molecule has 0 aliphatic carbocycles. The molecule has 1 saturated heterocycles. The largest absolute Gasteiger partial charge is 0.444 e. The molecule has 1 aliphatic rings. The summed E-state index contributed by atoms with van der Waals surface area (Å²) in [5.41, 5.74) is 3.78. The highest BCUT2D eigenvalue weighted by Gasteiger charge is 2.28. The highest BCUT2D eigenvalue weighted by molar-refractivity contribution is 5.84. The lowest BCUT2D eigenvalue weighted by Gasteiger charge is -2.33. The second kappa shape index (κ2) is 8.07. The molecule has 8 nitrogen and oxygen atoms in total. The van der Waals surface area contributed by atoms with Crippen LogP contribution in [0.3, 0.4) is 0 Å². The average Bonchev–Trinajstić information content (AvgIpc) is 3.36. The summed E-state index contributed by atoms with van der Waals surface area (Å²) in [6.45, 7) is 10.6. The maximum Gasteiger partial charge on any atom is 0.410 e. The highest BCUT2D eigenvalue weighted by atomic mass is 19.1. The van der Waals surface area contributed by atoms with Crippen LogP contribution in [0, 0.1) is 19.7 Å². The van der Waals surface area contributed by atoms with E-state index in [0.29, 0.717) is 29.9 Å². The highest BCUT2D eigenvalue weighted by Crippen LogP contribution is 2.30. The van der Waals surface area contributed by atoms with Crippen molar-refractivity contribution in [2.75, 3.05) is 13.1 Å². The van der Waals surface area contributed by atoms with E-state index in [2.05, 4.69) is 15.2 Å². The molecule has 0 radical (unpaired) electrons. The van der Waals surface area contributed by atoms with Crippen LogP contribution in [-0.4, -0.2) is 54.1 Å². The molecule has 0 spiro atoms. The van der Waals surface area contributed by atoms with Crippen molar-refractivity contribution in [3.63, 3.8) is 0 Å². The summed E-state index contributed by atoms with van der Waals surface area (Å²) < 4.78 is 24.2. The molecular formula is C25H29FN6O2. The van der Waals surface area contributed by atoms with Gasteiger partial charge in [-0.25, -0.2) is 18.7 Å². The van der Waals surface area contributed by atoms with Gasteiger partial charge < -0.3 is 9.64 Å². The number of ether oxygens (including phenoxy) is 1. The Morgan fingerprint density at radius 3 is 2.53 bits per heavy atom. The third-order valence-electron chi connectivity index (χ3n) is 6.09. The summed E-state index contributed by atoms with van der Waals surface area (Å²) in [4.78, 5) is 18.7. The SMILES string of the molecule is Cc1cc2nc(-c3cc(F)c4nn(C5CCN(C(=O)OC(C)(C)C)CC5)cc4c3)cc(C)n2n1. The molecule has 0 unspecified atom stereocenters. The van der Waals surface area contributed by atoms with Crippen molar-refractivity contribution in [3.8, 4) is 11.3 Å². The zero-order valence-electron chi connectivity index (χ0n) is 20.2. The van der Waals surface area contributed by atoms with Gasteiger partial charge in [0, 0.05) is 42.0 Å². The van der Waals surface area contributed by atoms with Crippen LogP contribution in [0.4, 0.5) is 9.18 Å². The first-order valence-electron chi connectivity index (χ1n) is 11.6. The predicted molar refractivity (Wildman–Crippen MR) is 127 cm³/mol. The maximum absolute atomic E-state index is 15.1. The van der Waals surface area contributed by atoms with Crippen LogP contribution in [0.5, 0.6) is 0 Å². The van der Waals surface area contributed by atoms with Crippen molar-refractivity contribution in [1.29, 1.82) is 0 Å². The molecule has 0 N–H and O–H groups in total. The fourth-order valence-electron chi connectivity index (χ4n) is 4.47. The van der Waals surface area contributed by atoms with Gasteiger partial charge in [-0.3, -0.25) is 4.68 Å². The Morgan fingerprint density at radius 1 is 1.09 bits per heavy atom. The van der Waals surface area contributed by atoms with Gasteiger partial charge in [0.15, 0.2) is 11.5 Å². The number of likely N-dealkylation sites (tertiary alicyclic amines) is 1. The predicted octanol–water partition coefficient (Wildman–Crippen LogP) is 5.07. The number of aromatic nitrogens is 5. The minimum absolute atomic E-state index is 0.0976. The molecule has 178 valence electrons. The lowest BCUT2D eigenvalue weighted by molar-refractivity contribution is 0.0185. The molecule has 5 rings (SSSR count). The first-order valence-corrected chi connectivity index (χ1v) is 11.6. The number of carbonyl (C=O) groups excluding carboxylic acids is 1. The summed E-state index contributed by atoms with van der Waals surface area (Å²) >= 11 is 0. The quantitative estimate of drug-likeness (QED) is 0.414. The van der Waals surface area contributed by atoms with E-state index in [1.54, 1.807) is 9.42 Å². The van der Waals surface area contributed by atoms with Gasteiger partial charge in [0.25, 0.3) is 0 Å². The number of benzene rings is 1. The Balaban J connectivity index is 1.39. The van der Waals surface area contributed by atoms with Gasteiger partial charge in [-0.05, 0) is 65.7 Å². The van der Waals surface area contributed by atoms with Crippen LogP contribution < -0.4 is 0 Å². The van der Waals surface area contributed by atoms with E-state index in [0.717, 1.165) is 35.3 Å². The van der Waals surface area contributed by atoms with E-state index in [4.69, 9.17) is 4.74 Å². The fourth-order valence-corrected chi connectivity index (χ4v) is 4.47. The van der Waals surface area contributed by atoms with Crippen LogP contribution in [-0.2, 0) is 4.74 Å². The van der Waals surface area contributed by atoms with Gasteiger partial charge >= 0.3 is 6.09 Å². The average molecular weight is 465 g/mol. The number of hydrogen-bond acceptors (Lipinski definition) is 5. The number of rotatable bonds is 2. The number of aryl methyl sites for hydroxylation is 2. The Hall–Kier alpha value is -3.49. The normalized spacial score (nSPS) is 15.4. The molecule has 34 heavy (non-hydrogen) atoms. The number of piperidine rings is 1. The molecular weight excluding hydrogens is 435 g/mol. The monoisotopic (exact) mass is 464 g/mol. The minimum Gasteiger partial charge on any atom is -0.444 e. The first kappa shape index (κ1) is 22.3. The lowest BCUT2D eigenvalue weighted by atomic mass is 10.1. The molecule has 0 atom stereocenters. The van der Waals surface area contributed by atoms with Crippen molar-refractivity contribution >= 4 is 22.6 Å². The summed E-state index contributed by atoms with van der Waals surface area (Å²) in [6, 6.07) is 7.34. The van der Waals surface area contributed by atoms with Crippen molar-refractivity contribution in [3.05, 3.63) is 47.7 Å². The van der Waals surface area contributed by atoms with Gasteiger partial charge in [-0.2, -0.15) is 10.2 Å². The van der Waals surface area contributed by atoms with Crippen LogP contribution in [0.1, 0.15) is 51.0 Å². The third-order valence-corrected chi connectivity index (χ3v) is 6.09. The van der Waals surface area contributed by atoms with E-state index in [1.165, 1.54) is 6.07 Å². The van der Waals surface area contributed by atoms with E-state index in [9.17, 15) is 4.79 Å². The van der Waals surface area contributed by atoms with Crippen LogP contribution in [0.25, 0.3) is 27.8 Å². The number of carbonyl (C=O) groups is 1. The molecule has 1 fully saturated rings. The molecule has 1 amide bonds. The van der Waals surface area contributed by atoms with Crippen LogP contribution in [0.15, 0.2) is 30.5 Å². The minimum atomic E-state index is -0.516. The van der Waals surface area contributed by atoms with Gasteiger partial charge in [0.05, 0.1) is 17.4 Å². The number of fused-ring (bicyclic) bond motifs is 2. The van der Waals surface area contributed by atoms with Gasteiger partial charge in [-0.1, -0.05) is 0 Å². The Morgan fingerprint density at radius 2 is 1.82 bits per heavy atom. The third kappa shape index (κ3) is 4.22. The van der Waals surface area contributed by atoms with E-state index in [1.807, 2.05) is 63.7 Å². The molecule has 9 heteroatoms. The van der Waals surface area contributed by atoms with Crippen molar-refractivity contribution < 1.29 is 13.9 Å². The molecule has 0 saturated carbocycles. The van der Waals surface area contributed by atoms with Gasteiger partial charge in [0.1, 0.15) is 11.1 Å². The fraction of sp³-hybridized carbons (Fsp3) is 0.440. The Labute approximate surface area is 197 Å². The second-order valence-electron chi connectivity index (χ2n) is 10.0. The van der Waals surface area contributed by atoms with Crippen molar-refractivity contribution in [1.82, 2.24) is 29.3 Å². The van der Waals surface area contributed by atoms with E-state index < -0.39 is 5.60 Å². The van der Waals surface area contributed by atoms with Crippen molar-refractivity contribution in [2.24, 2.45) is 0 Å². The zero-order valence-corrected chi connectivity index (χ0v) is 20.2. The standard InChI is InChI=1S/C25H29FN6O2/c1-15-10-22-27-21(11-16(2)32(22)28-15)17-12-18-14-31(29-23(18)20(26)13-17)19-6-8-30(9-7-19)24(33)34-25(3,4)5/h10-14,19H,6-9H2,1-5H3. The Bertz CT molecular complexity index is 1390. The van der Waals surface area contributed by atoms with Crippen LogP contribution >= 0.6 is 0 Å². The molecule has 1 aliphatic heterocycles. The van der Waals surface area contributed by atoms with Crippen molar-refractivity contribution in [2.45, 2.75) is 59.1 Å². The maximum atomic E-state index is 15.1. The summed E-state index contributed by atoms with van der Waals surface area (Å²) in [5, 5.41) is 9.71. The van der Waals surface area contributed by atoms with Gasteiger partial charge in [-0.15, -0.1) is 0 Å². The number of amides is 1. The molecule has 4 aromatic rings. The first-order chi connectivity index (χ1) is 16.1. The molecule has 1 aromatic carbocycles. The number of halogens is 1. The Kier molecular flexibility index (Phi) is 5.30. The van der Waals surface area contributed by atoms with Gasteiger partial charge in [0.2, 0.25) is 0 Å². The summed E-state index contributed by atoms with van der Waals surface area (Å²) in [6.07, 6.45) is 3.07. The van der Waals surface area contributed by atoms with Crippen LogP contribution in [0.2, 0.25) is 0 Å². The lowest BCUT2D eigenvalue weighted by Crippen LogP contribution is -2.42. The number of hydrogen-bond donors (Lipinski definition) is 0. The molecule has 0 bridgehead atoms. The summed E-state index contributed by atoms with van der Waals surface area (Å²) in [5.74, 6) is -0.374. The second-order valence-corrected chi connectivity index (χ2v) is 10.0.